The Morgan fingerprint density at radius 2 is 2.24 bits per heavy atom. The number of methoxy groups -OCH3 is 1. The van der Waals surface area contributed by atoms with Crippen LogP contribution >= 0.6 is 0 Å². The zero-order valence-corrected chi connectivity index (χ0v) is 9.96. The van der Waals surface area contributed by atoms with Crippen molar-refractivity contribution < 1.29 is 18.7 Å². The average molecular weight is 241 g/mol. The molecular formula is C12H16FNO3. The van der Waals surface area contributed by atoms with Crippen LogP contribution in [-0.4, -0.2) is 32.8 Å². The third-order valence-corrected chi connectivity index (χ3v) is 2.17. The van der Waals surface area contributed by atoms with Crippen molar-refractivity contribution in [1.29, 1.82) is 0 Å². The molecule has 0 unspecified atom stereocenters. The molecule has 0 heterocycles. The number of rotatable bonds is 6. The summed E-state index contributed by atoms with van der Waals surface area (Å²) in [5.74, 6) is -1.29. The smallest absolute Gasteiger partial charge is 0.340 e. The van der Waals surface area contributed by atoms with Crippen molar-refractivity contribution in [2.24, 2.45) is 0 Å². The van der Waals surface area contributed by atoms with Gasteiger partial charge in [0.05, 0.1) is 25.0 Å². The van der Waals surface area contributed by atoms with Gasteiger partial charge in [0, 0.05) is 13.2 Å². The molecule has 94 valence electrons. The van der Waals surface area contributed by atoms with Gasteiger partial charge in [0.1, 0.15) is 0 Å². The molecule has 0 aliphatic rings. The minimum Gasteiger partial charge on any atom is -0.465 e. The van der Waals surface area contributed by atoms with Crippen molar-refractivity contribution in [3.8, 4) is 0 Å². The van der Waals surface area contributed by atoms with Gasteiger partial charge in [-0.25, -0.2) is 9.18 Å². The van der Waals surface area contributed by atoms with E-state index in [0.29, 0.717) is 19.8 Å². The van der Waals surface area contributed by atoms with Crippen LogP contribution in [0.5, 0.6) is 0 Å². The molecular weight excluding hydrogens is 225 g/mol. The van der Waals surface area contributed by atoms with Crippen molar-refractivity contribution in [3.05, 3.63) is 29.6 Å². The van der Waals surface area contributed by atoms with Gasteiger partial charge in [-0.15, -0.1) is 0 Å². The fourth-order valence-corrected chi connectivity index (χ4v) is 1.34. The first-order valence-corrected chi connectivity index (χ1v) is 5.39. The van der Waals surface area contributed by atoms with Crippen molar-refractivity contribution in [3.63, 3.8) is 0 Å². The van der Waals surface area contributed by atoms with E-state index < -0.39 is 11.8 Å². The Kier molecular flexibility index (Phi) is 5.42. The Labute approximate surface area is 99.7 Å². The van der Waals surface area contributed by atoms with Gasteiger partial charge in [-0.2, -0.15) is 0 Å². The summed E-state index contributed by atoms with van der Waals surface area (Å²) in [6, 6.07) is 4.54. The minimum atomic E-state index is -0.684. The molecule has 0 fully saturated rings. The quantitative estimate of drug-likeness (QED) is 0.611. The maximum absolute atomic E-state index is 13.8. The number of carbonyl (C=O) groups excluding carboxylic acids is 1. The standard InChI is InChI=1S/C12H16FNO3/c1-3-17-8-7-14-10-6-4-5-9(11(10)13)12(15)16-2/h4-6,14H,3,7-8H2,1-2H3. The summed E-state index contributed by atoms with van der Waals surface area (Å²) >= 11 is 0. The minimum absolute atomic E-state index is 0.0751. The van der Waals surface area contributed by atoms with Crippen molar-refractivity contribution >= 4 is 11.7 Å². The summed E-state index contributed by atoms with van der Waals surface area (Å²) in [7, 11) is 1.22. The van der Waals surface area contributed by atoms with Gasteiger partial charge < -0.3 is 14.8 Å². The first kappa shape index (κ1) is 13.4. The van der Waals surface area contributed by atoms with E-state index in [-0.39, 0.29) is 11.3 Å². The molecule has 0 saturated carbocycles. The molecule has 0 spiro atoms. The third kappa shape index (κ3) is 3.71. The Bertz CT molecular complexity index is 382. The highest BCUT2D eigenvalue weighted by Gasteiger charge is 2.14. The van der Waals surface area contributed by atoms with Crippen molar-refractivity contribution in [2.75, 3.05) is 32.2 Å². The first-order chi connectivity index (χ1) is 8.20. The van der Waals surface area contributed by atoms with E-state index in [1.165, 1.54) is 13.2 Å². The lowest BCUT2D eigenvalue weighted by molar-refractivity contribution is 0.0595. The largest absolute Gasteiger partial charge is 0.465 e. The van der Waals surface area contributed by atoms with Gasteiger partial charge in [-0.05, 0) is 19.1 Å². The number of ether oxygens (including phenoxy) is 2. The fraction of sp³-hybridized carbons (Fsp3) is 0.417. The van der Waals surface area contributed by atoms with Crippen LogP contribution in [0.2, 0.25) is 0 Å². The number of hydrogen-bond acceptors (Lipinski definition) is 4. The number of anilines is 1. The second-order valence-electron chi connectivity index (χ2n) is 3.28. The predicted molar refractivity (Wildman–Crippen MR) is 62.7 cm³/mol. The molecule has 5 heteroatoms. The van der Waals surface area contributed by atoms with Gasteiger partial charge in [0.15, 0.2) is 5.82 Å². The number of benzene rings is 1. The summed E-state index contributed by atoms with van der Waals surface area (Å²) in [5, 5.41) is 2.86. The third-order valence-electron chi connectivity index (χ3n) is 2.17. The van der Waals surface area contributed by atoms with Crippen LogP contribution < -0.4 is 5.32 Å². The van der Waals surface area contributed by atoms with Crippen molar-refractivity contribution in [1.82, 2.24) is 0 Å². The van der Waals surface area contributed by atoms with E-state index >= 15 is 0 Å². The zero-order chi connectivity index (χ0) is 12.7. The van der Waals surface area contributed by atoms with E-state index in [1.54, 1.807) is 12.1 Å². The summed E-state index contributed by atoms with van der Waals surface area (Å²) in [6.07, 6.45) is 0. The normalized spacial score (nSPS) is 10.1. The van der Waals surface area contributed by atoms with Crippen LogP contribution in [0.3, 0.4) is 0 Å². The predicted octanol–water partition coefficient (Wildman–Crippen LogP) is 2.06. The summed E-state index contributed by atoms with van der Waals surface area (Å²) in [4.78, 5) is 11.2. The fourth-order valence-electron chi connectivity index (χ4n) is 1.34. The van der Waals surface area contributed by atoms with Crippen LogP contribution in [0.25, 0.3) is 0 Å². The molecule has 1 N–H and O–H groups in total. The molecule has 0 atom stereocenters. The average Bonchev–Trinajstić information content (AvgIpc) is 2.35. The van der Waals surface area contributed by atoms with Crippen LogP contribution in [0.1, 0.15) is 17.3 Å². The molecule has 0 aromatic heterocycles. The highest BCUT2D eigenvalue weighted by atomic mass is 19.1. The highest BCUT2D eigenvalue weighted by Crippen LogP contribution is 2.18. The zero-order valence-electron chi connectivity index (χ0n) is 9.96. The van der Waals surface area contributed by atoms with Crippen LogP contribution in [0.4, 0.5) is 10.1 Å². The Morgan fingerprint density at radius 1 is 1.47 bits per heavy atom. The van der Waals surface area contributed by atoms with E-state index in [1.807, 2.05) is 6.92 Å². The molecule has 0 bridgehead atoms. The van der Waals surface area contributed by atoms with E-state index in [9.17, 15) is 9.18 Å². The molecule has 1 rings (SSSR count). The van der Waals surface area contributed by atoms with Crippen LogP contribution in [0, 0.1) is 5.82 Å². The lowest BCUT2D eigenvalue weighted by Crippen LogP contribution is -2.12. The van der Waals surface area contributed by atoms with Gasteiger partial charge >= 0.3 is 5.97 Å². The van der Waals surface area contributed by atoms with Gasteiger partial charge in [0.25, 0.3) is 0 Å². The number of nitrogens with one attached hydrogen (secondary N) is 1. The first-order valence-electron chi connectivity index (χ1n) is 5.39. The van der Waals surface area contributed by atoms with E-state index in [0.717, 1.165) is 0 Å². The highest BCUT2D eigenvalue weighted by molar-refractivity contribution is 5.90. The van der Waals surface area contributed by atoms with Gasteiger partial charge in [-0.1, -0.05) is 6.07 Å². The second-order valence-corrected chi connectivity index (χ2v) is 3.28. The Hall–Kier alpha value is -1.62. The molecule has 0 amide bonds. The lowest BCUT2D eigenvalue weighted by Gasteiger charge is -2.09. The van der Waals surface area contributed by atoms with Crippen LogP contribution in [-0.2, 0) is 9.47 Å². The second kappa shape index (κ2) is 6.85. The molecule has 1 aromatic carbocycles. The van der Waals surface area contributed by atoms with E-state index in [4.69, 9.17) is 4.74 Å². The molecule has 0 radical (unpaired) electrons. The monoisotopic (exact) mass is 241 g/mol. The summed E-state index contributed by atoms with van der Waals surface area (Å²) in [6.45, 7) is 3.47. The SMILES string of the molecule is CCOCCNc1cccc(C(=O)OC)c1F. The van der Waals surface area contributed by atoms with E-state index in [2.05, 4.69) is 10.1 Å². The number of hydrogen-bond donors (Lipinski definition) is 1. The maximum Gasteiger partial charge on any atom is 0.340 e. The summed E-state index contributed by atoms with van der Waals surface area (Å²) < 4.78 is 23.4. The number of halogens is 1. The molecule has 0 saturated heterocycles. The van der Waals surface area contributed by atoms with Crippen LogP contribution in [0.15, 0.2) is 18.2 Å². The van der Waals surface area contributed by atoms with Gasteiger partial charge in [-0.3, -0.25) is 0 Å². The summed E-state index contributed by atoms with van der Waals surface area (Å²) in [5.41, 5.74) is 0.196. The molecule has 1 aromatic rings. The number of carbonyl (C=O) groups is 1. The topological polar surface area (TPSA) is 47.6 Å². The maximum atomic E-state index is 13.8. The number of esters is 1. The lowest BCUT2D eigenvalue weighted by atomic mass is 10.2. The molecule has 0 aliphatic carbocycles. The van der Waals surface area contributed by atoms with Crippen molar-refractivity contribution in [2.45, 2.75) is 6.92 Å². The molecule has 4 nitrogen and oxygen atoms in total. The molecule has 17 heavy (non-hydrogen) atoms. The van der Waals surface area contributed by atoms with Gasteiger partial charge in [0.2, 0.25) is 0 Å². The Morgan fingerprint density at radius 3 is 2.88 bits per heavy atom. The Balaban J connectivity index is 2.70. The molecule has 0 aliphatic heterocycles.